The third-order valence-corrected chi connectivity index (χ3v) is 6.02. The highest BCUT2D eigenvalue weighted by Gasteiger charge is 2.57. The first-order valence-corrected chi connectivity index (χ1v) is 10.5. The lowest BCUT2D eigenvalue weighted by Gasteiger charge is -2.38. The van der Waals surface area contributed by atoms with E-state index in [4.69, 9.17) is 14.2 Å². The van der Waals surface area contributed by atoms with Gasteiger partial charge in [-0.1, -0.05) is 18.2 Å². The number of phenols is 2. The molecule has 0 saturated heterocycles. The highest BCUT2D eigenvalue weighted by molar-refractivity contribution is 6.12. The van der Waals surface area contributed by atoms with Crippen LogP contribution in [-0.4, -0.2) is 50.9 Å². The second-order valence-corrected chi connectivity index (χ2v) is 7.91. The van der Waals surface area contributed by atoms with Crippen LogP contribution in [0.5, 0.6) is 23.0 Å². The molecule has 1 spiro atoms. The van der Waals surface area contributed by atoms with E-state index in [2.05, 4.69) is 0 Å². The number of esters is 2. The molecule has 1 atom stereocenters. The molecule has 0 aromatic heterocycles. The van der Waals surface area contributed by atoms with Crippen LogP contribution in [0, 0.1) is 0 Å². The second-order valence-electron chi connectivity index (χ2n) is 7.91. The summed E-state index contributed by atoms with van der Waals surface area (Å²) in [6, 6.07) is 9.80. The molecule has 4 N–H and O–H groups in total. The van der Waals surface area contributed by atoms with Crippen molar-refractivity contribution in [1.82, 2.24) is 0 Å². The molecule has 0 amide bonds. The topological polar surface area (TPSA) is 177 Å². The van der Waals surface area contributed by atoms with E-state index >= 15 is 0 Å². The zero-order valence-corrected chi connectivity index (χ0v) is 18.4. The van der Waals surface area contributed by atoms with E-state index in [1.54, 1.807) is 12.1 Å². The van der Waals surface area contributed by atoms with Crippen molar-refractivity contribution in [1.29, 1.82) is 0 Å². The van der Waals surface area contributed by atoms with Gasteiger partial charge < -0.3 is 34.6 Å². The Labute approximate surface area is 201 Å². The summed E-state index contributed by atoms with van der Waals surface area (Å²) in [6.45, 7) is 1.27. The number of benzene rings is 3. The van der Waals surface area contributed by atoms with Crippen molar-refractivity contribution < 1.29 is 53.8 Å². The first kappa shape index (κ1) is 22.7. The van der Waals surface area contributed by atoms with E-state index in [0.29, 0.717) is 0 Å². The molecular weight excluding hydrogens is 476 g/mol. The summed E-state index contributed by atoms with van der Waals surface area (Å²) >= 11 is 0. The number of phenolic OH excluding ortho intramolecular Hbond substituents is 1. The zero-order chi connectivity index (χ0) is 25.9. The van der Waals surface area contributed by atoms with Crippen LogP contribution in [0.3, 0.4) is 0 Å². The normalized spacial score (nSPS) is 16.9. The molecule has 182 valence electrons. The highest BCUT2D eigenvalue weighted by Crippen LogP contribution is 2.60. The van der Waals surface area contributed by atoms with Gasteiger partial charge in [0.15, 0.2) is 11.4 Å². The molecule has 3 aromatic carbocycles. The number of carboxylic acid groups (broad SMARTS) is 2. The summed E-state index contributed by atoms with van der Waals surface area (Å²) < 4.78 is 16.7. The van der Waals surface area contributed by atoms with Crippen molar-refractivity contribution >= 4 is 23.9 Å². The number of rotatable bonds is 4. The van der Waals surface area contributed by atoms with Crippen molar-refractivity contribution in [2.75, 3.05) is 6.61 Å². The minimum absolute atomic E-state index is 0.0704. The van der Waals surface area contributed by atoms with Crippen LogP contribution in [0.1, 0.15) is 65.0 Å². The van der Waals surface area contributed by atoms with Crippen LogP contribution in [0.2, 0.25) is 0 Å². The maximum Gasteiger partial charge on any atom is 0.343 e. The quantitative estimate of drug-likeness (QED) is 0.393. The minimum atomic E-state index is -2.07. The Hall–Kier alpha value is -5.06. The lowest BCUT2D eigenvalue weighted by Crippen LogP contribution is -2.37. The Bertz CT molecular complexity index is 1520. The van der Waals surface area contributed by atoms with Gasteiger partial charge >= 0.3 is 23.9 Å². The van der Waals surface area contributed by atoms with E-state index in [-0.39, 0.29) is 34.8 Å². The first-order valence-electron chi connectivity index (χ1n) is 10.5. The Kier molecular flexibility index (Phi) is 4.88. The van der Waals surface area contributed by atoms with E-state index in [9.17, 15) is 39.6 Å². The summed E-state index contributed by atoms with van der Waals surface area (Å²) in [5, 5.41) is 40.7. The van der Waals surface area contributed by atoms with Gasteiger partial charge in [0.05, 0.1) is 23.3 Å². The molecule has 0 saturated carbocycles. The van der Waals surface area contributed by atoms with Gasteiger partial charge in [-0.05, 0) is 25.1 Å². The predicted molar refractivity (Wildman–Crippen MR) is 118 cm³/mol. The fourth-order valence-corrected chi connectivity index (χ4v) is 4.70. The molecule has 0 radical (unpaired) electrons. The van der Waals surface area contributed by atoms with Crippen molar-refractivity contribution in [2.24, 2.45) is 0 Å². The molecule has 3 aromatic rings. The van der Waals surface area contributed by atoms with Gasteiger partial charge in [0.1, 0.15) is 28.4 Å². The molecule has 36 heavy (non-hydrogen) atoms. The average molecular weight is 492 g/mol. The number of aromatic hydroxyl groups is 2. The summed E-state index contributed by atoms with van der Waals surface area (Å²) in [5.41, 5.74) is -4.99. The van der Waals surface area contributed by atoms with Crippen LogP contribution in [0.25, 0.3) is 0 Å². The molecule has 11 heteroatoms. The third-order valence-electron chi connectivity index (χ3n) is 6.02. The molecule has 11 nitrogen and oxygen atoms in total. The monoisotopic (exact) mass is 492 g/mol. The minimum Gasteiger partial charge on any atom is -0.508 e. The van der Waals surface area contributed by atoms with Crippen molar-refractivity contribution in [3.63, 3.8) is 0 Å². The molecule has 2 aliphatic heterocycles. The lowest BCUT2D eigenvalue weighted by molar-refractivity contribution is 0.0209. The number of hydrogen-bond acceptors (Lipinski definition) is 9. The molecule has 0 fully saturated rings. The van der Waals surface area contributed by atoms with Crippen molar-refractivity contribution in [2.45, 2.75) is 12.5 Å². The van der Waals surface area contributed by atoms with Gasteiger partial charge in [-0.25, -0.2) is 19.2 Å². The van der Waals surface area contributed by atoms with E-state index in [1.807, 2.05) is 0 Å². The summed E-state index contributed by atoms with van der Waals surface area (Å²) in [6.07, 6.45) is 0. The molecule has 2 aliphatic rings. The predicted octanol–water partition coefficient (Wildman–Crippen LogP) is 3.24. The number of hydrogen-bond donors (Lipinski definition) is 4. The van der Waals surface area contributed by atoms with Crippen LogP contribution >= 0.6 is 0 Å². The summed E-state index contributed by atoms with van der Waals surface area (Å²) in [4.78, 5) is 50.8. The maximum atomic E-state index is 13.2. The van der Waals surface area contributed by atoms with E-state index in [0.717, 1.165) is 6.07 Å². The summed E-state index contributed by atoms with van der Waals surface area (Å²) in [5.74, 6) is -7.99. The lowest BCUT2D eigenvalue weighted by atomic mass is 9.73. The van der Waals surface area contributed by atoms with Crippen LogP contribution in [0.15, 0.2) is 42.5 Å². The van der Waals surface area contributed by atoms with Crippen LogP contribution in [0.4, 0.5) is 0 Å². The number of carbonyl (C=O) groups excluding carboxylic acids is 2. The highest BCUT2D eigenvalue weighted by atomic mass is 16.6. The SMILES string of the molecule is CCOC(=O)c1c(C(=O)O)c(O)c(C(=O)O)c2c1C1(OC(=O)c3ccccc31)c1ccc(O)cc1O2. The van der Waals surface area contributed by atoms with Crippen molar-refractivity contribution in [3.05, 3.63) is 81.4 Å². The van der Waals surface area contributed by atoms with E-state index < -0.39 is 63.2 Å². The van der Waals surface area contributed by atoms with Gasteiger partial charge in [-0.15, -0.1) is 0 Å². The van der Waals surface area contributed by atoms with Crippen LogP contribution in [-0.2, 0) is 15.1 Å². The zero-order valence-electron chi connectivity index (χ0n) is 18.4. The molecule has 2 heterocycles. The number of fused-ring (bicyclic) bond motifs is 6. The molecule has 5 rings (SSSR count). The van der Waals surface area contributed by atoms with Gasteiger partial charge in [0, 0.05) is 17.2 Å². The van der Waals surface area contributed by atoms with E-state index in [1.165, 1.54) is 31.2 Å². The Balaban J connectivity index is 2.06. The first-order chi connectivity index (χ1) is 17.1. The average Bonchev–Trinajstić information content (AvgIpc) is 3.10. The Morgan fingerprint density at radius 2 is 1.64 bits per heavy atom. The standard InChI is InChI=1S/C25H16O11/c1-2-34-24(33)15-16(21(28)29)19(27)17(22(30)31)20-18(15)25(13-8-7-10(26)9-14(13)35-20)12-6-4-3-5-11(12)23(32)36-25/h3-9,26-27H,2H2,1H3,(H,28,29)(H,30,31). The third kappa shape index (κ3) is 2.86. The maximum absolute atomic E-state index is 13.2. The van der Waals surface area contributed by atoms with Crippen LogP contribution < -0.4 is 4.74 Å². The largest absolute Gasteiger partial charge is 0.508 e. The smallest absolute Gasteiger partial charge is 0.343 e. The number of carboxylic acids is 2. The summed E-state index contributed by atoms with van der Waals surface area (Å²) in [7, 11) is 0. The van der Waals surface area contributed by atoms with Gasteiger partial charge in [-0.2, -0.15) is 0 Å². The molecule has 1 unspecified atom stereocenters. The van der Waals surface area contributed by atoms with Gasteiger partial charge in [0.25, 0.3) is 0 Å². The van der Waals surface area contributed by atoms with Gasteiger partial charge in [-0.3, -0.25) is 0 Å². The number of aromatic carboxylic acids is 2. The molecule has 0 aliphatic carbocycles. The Morgan fingerprint density at radius 1 is 0.944 bits per heavy atom. The fraction of sp³-hybridized carbons (Fsp3) is 0.120. The fourth-order valence-electron chi connectivity index (χ4n) is 4.70. The molecular formula is C25H16O11. The Morgan fingerprint density at radius 3 is 2.31 bits per heavy atom. The number of carbonyl (C=O) groups is 4. The molecule has 0 bridgehead atoms. The number of ether oxygens (including phenoxy) is 3. The second kappa shape index (κ2) is 7.73. The van der Waals surface area contributed by atoms with Crippen molar-refractivity contribution in [3.8, 4) is 23.0 Å². The van der Waals surface area contributed by atoms with Gasteiger partial charge in [0.2, 0.25) is 0 Å².